The van der Waals surface area contributed by atoms with E-state index in [2.05, 4.69) is 185 Å². The summed E-state index contributed by atoms with van der Waals surface area (Å²) < 4.78 is 4.68. The minimum absolute atomic E-state index is 0.552. The minimum atomic E-state index is 0.552. The van der Waals surface area contributed by atoms with Crippen molar-refractivity contribution in [3.8, 4) is 67.8 Å². The van der Waals surface area contributed by atoms with Crippen LogP contribution >= 0.6 is 0 Å². The number of nitrogens with zero attached hydrogens (tertiary/aromatic N) is 6. The normalized spacial score (nSPS) is 11.5. The zero-order valence-corrected chi connectivity index (χ0v) is 33.5. The van der Waals surface area contributed by atoms with Crippen molar-refractivity contribution < 1.29 is 0 Å². The number of hydrogen-bond acceptors (Lipinski definition) is 4. The maximum absolute atomic E-state index is 5.21. The van der Waals surface area contributed by atoms with Crippen LogP contribution in [0.25, 0.3) is 111 Å². The fraction of sp³-hybridized carbons (Fsp3) is 0. The molecule has 0 bridgehead atoms. The van der Waals surface area contributed by atoms with Crippen molar-refractivity contribution in [1.29, 1.82) is 0 Å². The van der Waals surface area contributed by atoms with Crippen LogP contribution in [-0.4, -0.2) is 29.1 Å². The summed E-state index contributed by atoms with van der Waals surface area (Å²) in [6.07, 6.45) is 3.80. The monoisotopic (exact) mass is 792 g/mol. The lowest BCUT2D eigenvalue weighted by atomic mass is 9.97. The Morgan fingerprint density at radius 3 is 1.53 bits per heavy atom. The highest BCUT2D eigenvalue weighted by atomic mass is 15.0. The van der Waals surface area contributed by atoms with Crippen molar-refractivity contribution >= 4 is 43.6 Å². The molecule has 0 radical (unpaired) electrons. The highest BCUT2D eigenvalue weighted by molar-refractivity contribution is 6.16. The van der Waals surface area contributed by atoms with Gasteiger partial charge in [-0.05, 0) is 77.4 Å². The third-order valence-electron chi connectivity index (χ3n) is 11.8. The molecule has 6 heteroatoms. The molecule has 290 valence electrons. The third kappa shape index (κ3) is 5.96. The Morgan fingerprint density at radius 2 is 0.806 bits per heavy atom. The van der Waals surface area contributed by atoms with E-state index < -0.39 is 0 Å². The SMILES string of the molecule is c1ccc(-c2ccc3c(c2)c2c(-c4cncc(-c5nc(-c6ccccc6)nc(-c6cccc(-n7c8ccccc8c8ccccc87)c6)n5)c4)cccc2n3-c2ccccc2)cc1. The van der Waals surface area contributed by atoms with E-state index in [1.807, 2.05) is 42.7 Å². The topological polar surface area (TPSA) is 61.4 Å². The van der Waals surface area contributed by atoms with Crippen LogP contribution in [0.4, 0.5) is 0 Å². The van der Waals surface area contributed by atoms with Gasteiger partial charge in [-0.2, -0.15) is 0 Å². The first-order valence-electron chi connectivity index (χ1n) is 20.8. The summed E-state index contributed by atoms with van der Waals surface area (Å²) in [6.45, 7) is 0. The second-order valence-electron chi connectivity index (χ2n) is 15.5. The van der Waals surface area contributed by atoms with E-state index in [-0.39, 0.29) is 0 Å². The van der Waals surface area contributed by atoms with Gasteiger partial charge in [-0.25, -0.2) is 15.0 Å². The van der Waals surface area contributed by atoms with Crippen molar-refractivity contribution in [2.24, 2.45) is 0 Å². The summed E-state index contributed by atoms with van der Waals surface area (Å²) in [5, 5.41) is 4.76. The van der Waals surface area contributed by atoms with Gasteiger partial charge >= 0.3 is 0 Å². The summed E-state index contributed by atoms with van der Waals surface area (Å²) in [5.41, 5.74) is 13.7. The van der Waals surface area contributed by atoms with Gasteiger partial charge in [-0.15, -0.1) is 0 Å². The fourth-order valence-corrected chi connectivity index (χ4v) is 9.02. The Kier molecular flexibility index (Phi) is 8.38. The molecule has 0 N–H and O–H groups in total. The van der Waals surface area contributed by atoms with Gasteiger partial charge in [0.2, 0.25) is 0 Å². The smallest absolute Gasteiger partial charge is 0.165 e. The molecule has 4 aromatic heterocycles. The molecule has 0 atom stereocenters. The molecule has 0 saturated carbocycles. The van der Waals surface area contributed by atoms with Gasteiger partial charge in [0.1, 0.15) is 0 Å². The molecule has 4 heterocycles. The molecule has 12 rings (SSSR count). The second-order valence-corrected chi connectivity index (χ2v) is 15.5. The number of aromatic nitrogens is 6. The molecule has 0 unspecified atom stereocenters. The molecular formula is C56H36N6. The van der Waals surface area contributed by atoms with Crippen LogP contribution < -0.4 is 0 Å². The molecular weight excluding hydrogens is 757 g/mol. The molecule has 0 spiro atoms. The number of para-hydroxylation sites is 3. The summed E-state index contributed by atoms with van der Waals surface area (Å²) in [6, 6.07) is 72.4. The van der Waals surface area contributed by atoms with Gasteiger partial charge in [-0.1, -0.05) is 146 Å². The highest BCUT2D eigenvalue weighted by Gasteiger charge is 2.20. The minimum Gasteiger partial charge on any atom is -0.309 e. The molecule has 0 aliphatic heterocycles. The third-order valence-corrected chi connectivity index (χ3v) is 11.8. The van der Waals surface area contributed by atoms with Crippen LogP contribution in [0.2, 0.25) is 0 Å². The van der Waals surface area contributed by atoms with E-state index in [4.69, 9.17) is 19.9 Å². The molecule has 12 aromatic rings. The lowest BCUT2D eigenvalue weighted by molar-refractivity contribution is 1.07. The van der Waals surface area contributed by atoms with E-state index in [1.165, 1.54) is 27.3 Å². The van der Waals surface area contributed by atoms with Gasteiger partial charge in [0.05, 0.1) is 22.1 Å². The van der Waals surface area contributed by atoms with Gasteiger partial charge in [0, 0.05) is 67.6 Å². The number of benzene rings is 8. The van der Waals surface area contributed by atoms with Crippen LogP contribution in [0.1, 0.15) is 0 Å². The van der Waals surface area contributed by atoms with Gasteiger partial charge in [-0.3, -0.25) is 4.98 Å². The first-order chi connectivity index (χ1) is 30.7. The molecule has 0 aliphatic rings. The van der Waals surface area contributed by atoms with Gasteiger partial charge < -0.3 is 9.13 Å². The molecule has 0 fully saturated rings. The van der Waals surface area contributed by atoms with Crippen molar-refractivity contribution in [3.05, 3.63) is 219 Å². The molecule has 0 saturated heterocycles. The second kappa shape index (κ2) is 14.7. The Balaban J connectivity index is 1.03. The number of hydrogen-bond donors (Lipinski definition) is 0. The number of rotatable bonds is 7. The first kappa shape index (κ1) is 35.5. The Morgan fingerprint density at radius 1 is 0.290 bits per heavy atom. The molecule has 6 nitrogen and oxygen atoms in total. The average Bonchev–Trinajstić information content (AvgIpc) is 3.87. The largest absolute Gasteiger partial charge is 0.309 e. The summed E-state index contributed by atoms with van der Waals surface area (Å²) in [7, 11) is 0. The zero-order valence-electron chi connectivity index (χ0n) is 33.5. The summed E-state index contributed by atoms with van der Waals surface area (Å²) in [5.74, 6) is 1.74. The number of pyridine rings is 1. The Hall–Kier alpha value is -8.48. The zero-order chi connectivity index (χ0) is 41.0. The lowest BCUT2D eigenvalue weighted by Gasteiger charge is -2.12. The fourth-order valence-electron chi connectivity index (χ4n) is 9.02. The highest BCUT2D eigenvalue weighted by Crippen LogP contribution is 2.41. The molecule has 0 aliphatic carbocycles. The van der Waals surface area contributed by atoms with Crippen molar-refractivity contribution in [2.45, 2.75) is 0 Å². The first-order valence-corrected chi connectivity index (χ1v) is 20.8. The molecule has 0 amide bonds. The predicted molar refractivity (Wildman–Crippen MR) is 253 cm³/mol. The number of fused-ring (bicyclic) bond motifs is 6. The van der Waals surface area contributed by atoms with Crippen LogP contribution in [0, 0.1) is 0 Å². The average molecular weight is 793 g/mol. The standard InChI is InChI=1S/C56H36N6/c1-4-16-37(17-5-1)39-30-31-51-48(34-39)53-45(26-15-29-52(53)61(51)43-21-8-3-9-22-43)41-32-42(36-57-35-41)56-59-54(38-18-6-2-7-19-38)58-55(60-56)40-20-14-23-44(33-40)62-49-27-12-10-24-46(49)47-25-11-13-28-50(47)62/h1-36H. The lowest BCUT2D eigenvalue weighted by Crippen LogP contribution is -2.01. The Bertz CT molecular complexity index is 3570. The van der Waals surface area contributed by atoms with Gasteiger partial charge in [0.25, 0.3) is 0 Å². The Labute approximate surface area is 357 Å². The maximum atomic E-state index is 5.21. The van der Waals surface area contributed by atoms with Gasteiger partial charge in [0.15, 0.2) is 17.5 Å². The van der Waals surface area contributed by atoms with Crippen molar-refractivity contribution in [2.75, 3.05) is 0 Å². The predicted octanol–water partition coefficient (Wildman–Crippen LogP) is 13.8. The van der Waals surface area contributed by atoms with Crippen molar-refractivity contribution in [1.82, 2.24) is 29.1 Å². The van der Waals surface area contributed by atoms with Crippen LogP contribution in [0.15, 0.2) is 219 Å². The summed E-state index contributed by atoms with van der Waals surface area (Å²) >= 11 is 0. The van der Waals surface area contributed by atoms with Crippen molar-refractivity contribution in [3.63, 3.8) is 0 Å². The quantitative estimate of drug-likeness (QED) is 0.161. The van der Waals surface area contributed by atoms with E-state index in [0.29, 0.717) is 17.5 Å². The van der Waals surface area contributed by atoms with E-state index in [9.17, 15) is 0 Å². The van der Waals surface area contributed by atoms with Crippen LogP contribution in [0.3, 0.4) is 0 Å². The molecule has 8 aromatic carbocycles. The van der Waals surface area contributed by atoms with E-state index >= 15 is 0 Å². The summed E-state index contributed by atoms with van der Waals surface area (Å²) in [4.78, 5) is 20.3. The van der Waals surface area contributed by atoms with E-state index in [1.54, 1.807) is 0 Å². The van der Waals surface area contributed by atoms with Crippen LogP contribution in [0.5, 0.6) is 0 Å². The molecule has 62 heavy (non-hydrogen) atoms. The van der Waals surface area contributed by atoms with E-state index in [0.717, 1.165) is 66.6 Å². The maximum Gasteiger partial charge on any atom is 0.165 e. The van der Waals surface area contributed by atoms with Crippen LogP contribution in [-0.2, 0) is 0 Å².